The first-order chi connectivity index (χ1) is 20.8. The van der Waals surface area contributed by atoms with Gasteiger partial charge in [-0.1, -0.05) is 0 Å². The van der Waals surface area contributed by atoms with Crippen molar-refractivity contribution in [1.29, 1.82) is 0 Å². The topological polar surface area (TPSA) is 245 Å². The Hall–Kier alpha value is -3.01. The third kappa shape index (κ3) is 37.5. The third-order valence-electron chi connectivity index (χ3n) is 4.03. The van der Waals surface area contributed by atoms with Crippen LogP contribution in [0.2, 0.25) is 0 Å². The van der Waals surface area contributed by atoms with E-state index in [4.69, 9.17) is 34.2 Å². The Bertz CT molecular complexity index is 1170. The van der Waals surface area contributed by atoms with E-state index in [-0.39, 0.29) is 73.4 Å². The summed E-state index contributed by atoms with van der Waals surface area (Å²) in [5.74, 6) is -2.95. The minimum Gasteiger partial charge on any atom is -0.481 e. The van der Waals surface area contributed by atoms with E-state index in [2.05, 4.69) is 9.72 Å². The number of aromatic amines is 1. The summed E-state index contributed by atoms with van der Waals surface area (Å²) in [6, 6.07) is 0. The molecule has 0 saturated carbocycles. The molecule has 0 aliphatic heterocycles. The van der Waals surface area contributed by atoms with Crippen molar-refractivity contribution in [3.63, 3.8) is 0 Å². The summed E-state index contributed by atoms with van der Waals surface area (Å²) < 4.78 is 19.6. The minimum atomic E-state index is -0.833. The van der Waals surface area contributed by atoms with E-state index in [0.717, 1.165) is 12.3 Å². The van der Waals surface area contributed by atoms with Crippen LogP contribution in [0, 0.1) is 24.0 Å². The van der Waals surface area contributed by atoms with Crippen LogP contribution in [-0.2, 0) is 62.4 Å². The molecule has 0 saturated heterocycles. The van der Waals surface area contributed by atoms with Gasteiger partial charge in [-0.15, -0.1) is 5.34 Å². The number of nitrogens with zero attached hydrogens (tertiary/aromatic N) is 1. The first-order valence-corrected chi connectivity index (χ1v) is 13.9. The Balaban J connectivity index is -0.000000131. The van der Waals surface area contributed by atoms with E-state index in [1.54, 1.807) is 69.2 Å². The standard InChI is InChI=1S/C14H21NO4.C8H14O3.C6H10O3.C2H4O2.HNO2.Na.Zn/c1-7-18-12(16)10-8(2)11(15-9(10)3)13(17)19-14(4,5)6;1-6(9)5-7(10)11-8(2,3)4;1-3-9-6(8)4-5(2)7;1-2(3)4;2-1-3;;/h15H,7H2,1-6H3;5H2,1-4H3;3-4H2,1-2H3;1H3,(H,3,4);(H,2,3);;/q;;;;;+1;/p-1. The number of carboxylic acids is 1. The molecule has 0 atom stereocenters. The average molecular weight is 750 g/mol. The van der Waals surface area contributed by atoms with E-state index < -0.39 is 41.0 Å². The maximum absolute atomic E-state index is 12.0. The molecule has 0 aromatic carbocycles. The van der Waals surface area contributed by atoms with Crippen molar-refractivity contribution in [3.05, 3.63) is 32.6 Å². The predicted octanol–water partition coefficient (Wildman–Crippen LogP) is 1.94. The van der Waals surface area contributed by atoms with Crippen molar-refractivity contribution in [2.75, 3.05) is 13.2 Å². The molecule has 0 aliphatic carbocycles. The number of ether oxygens (including phenoxy) is 4. The third-order valence-corrected chi connectivity index (χ3v) is 4.03. The number of Topliss-reactive ketones (excluding diaryl/α,β-unsaturated/α-hetero) is 2. The molecule has 1 heterocycles. The van der Waals surface area contributed by atoms with E-state index in [0.29, 0.717) is 35.7 Å². The fraction of sp³-hybridized carbons (Fsp3) is 0.633. The molecule has 0 amide bonds. The van der Waals surface area contributed by atoms with Crippen LogP contribution in [0.1, 0.15) is 121 Å². The summed E-state index contributed by atoms with van der Waals surface area (Å²) in [6.45, 7) is 22.0. The average Bonchev–Trinajstić information content (AvgIpc) is 3.11. The molecule has 0 unspecified atom stereocenters. The van der Waals surface area contributed by atoms with Crippen LogP contribution in [0.5, 0.6) is 0 Å². The zero-order valence-corrected chi connectivity index (χ0v) is 35.7. The van der Waals surface area contributed by atoms with Crippen LogP contribution < -0.4 is 29.6 Å². The summed E-state index contributed by atoms with van der Waals surface area (Å²) >= 11 is 0. The SMILES string of the molecule is CC(=O)CC(=O)OC(C)(C)C.CC(=O)O.CCOC(=O)CC(C)=O.CCOC(=O)c1c(C)[nH]c(C(=O)OC(C)(C)C)c1C.O=N[O-].[Na+].[Zn]. The van der Waals surface area contributed by atoms with Crippen molar-refractivity contribution in [2.45, 2.75) is 114 Å². The summed E-state index contributed by atoms with van der Waals surface area (Å²) in [7, 11) is 0. The largest absolute Gasteiger partial charge is 1.00 e. The van der Waals surface area contributed by atoms with E-state index in [1.165, 1.54) is 13.8 Å². The number of nitrogens with one attached hydrogen (secondary N) is 1. The van der Waals surface area contributed by atoms with E-state index >= 15 is 0 Å². The van der Waals surface area contributed by atoms with Gasteiger partial charge in [-0.2, -0.15) is 0 Å². The van der Waals surface area contributed by atoms with E-state index in [1.807, 2.05) is 0 Å². The van der Waals surface area contributed by atoms with Crippen LogP contribution in [0.15, 0.2) is 5.34 Å². The predicted molar refractivity (Wildman–Crippen MR) is 167 cm³/mol. The van der Waals surface area contributed by atoms with Gasteiger partial charge >= 0.3 is 53.4 Å². The van der Waals surface area contributed by atoms with Crippen molar-refractivity contribution in [3.8, 4) is 0 Å². The first kappa shape index (κ1) is 57.3. The fourth-order valence-corrected chi connectivity index (χ4v) is 2.79. The molecule has 48 heavy (non-hydrogen) atoms. The fourth-order valence-electron chi connectivity index (χ4n) is 2.79. The van der Waals surface area contributed by atoms with Gasteiger partial charge in [0.05, 0.1) is 18.8 Å². The molecule has 2 N–H and O–H groups in total. The van der Waals surface area contributed by atoms with Gasteiger partial charge in [-0.25, -0.2) is 9.59 Å². The molecule has 1 rings (SSSR count). The van der Waals surface area contributed by atoms with Gasteiger partial charge in [0, 0.05) is 32.1 Å². The number of esters is 4. The molecule has 16 nitrogen and oxygen atoms in total. The second kappa shape index (κ2) is 30.1. The van der Waals surface area contributed by atoms with Crippen LogP contribution in [0.4, 0.5) is 0 Å². The van der Waals surface area contributed by atoms with Crippen LogP contribution in [0.25, 0.3) is 0 Å². The molecule has 1 aromatic rings. The normalized spacial score (nSPS) is 9.35. The number of rotatable bonds is 8. The summed E-state index contributed by atoms with van der Waals surface area (Å²) in [5.41, 5.74) is 0.805. The van der Waals surface area contributed by atoms with Crippen LogP contribution >= 0.6 is 0 Å². The maximum Gasteiger partial charge on any atom is 1.00 e. The summed E-state index contributed by atoms with van der Waals surface area (Å²) in [4.78, 5) is 85.6. The Morgan fingerprint density at radius 2 is 1.10 bits per heavy atom. The van der Waals surface area contributed by atoms with Gasteiger partial charge < -0.3 is 39.2 Å². The number of aromatic nitrogens is 1. The molecule has 0 bridgehead atoms. The van der Waals surface area contributed by atoms with Gasteiger partial charge in [0.2, 0.25) is 0 Å². The Morgan fingerprint density at radius 1 is 0.750 bits per heavy atom. The quantitative estimate of drug-likeness (QED) is 0.0964. The maximum atomic E-state index is 12.0. The molecule has 18 heteroatoms. The summed E-state index contributed by atoms with van der Waals surface area (Å²) in [5, 5.41) is 16.4. The Labute approximate surface area is 316 Å². The first-order valence-electron chi connectivity index (χ1n) is 13.9. The summed E-state index contributed by atoms with van der Waals surface area (Å²) in [6.07, 6.45) is -0.231. The number of aryl methyl sites for hydroxylation is 1. The number of hydrogen-bond acceptors (Lipinski definition) is 14. The van der Waals surface area contributed by atoms with Crippen LogP contribution in [0.3, 0.4) is 0 Å². The zero-order chi connectivity index (χ0) is 37.4. The number of carbonyl (C=O) groups is 7. The van der Waals surface area contributed by atoms with Crippen molar-refractivity contribution >= 4 is 41.4 Å². The number of hydrogen-bond donors (Lipinski definition) is 2. The Kier molecular flexibility index (Phi) is 35.9. The van der Waals surface area contributed by atoms with Gasteiger partial charge in [0.15, 0.2) is 0 Å². The Morgan fingerprint density at radius 3 is 1.42 bits per heavy atom. The minimum absolute atomic E-state index is 0. The number of ketones is 2. The molecule has 1 aromatic heterocycles. The smallest absolute Gasteiger partial charge is 0.481 e. The zero-order valence-electron chi connectivity index (χ0n) is 30.7. The second-order valence-electron chi connectivity index (χ2n) is 11.1. The van der Waals surface area contributed by atoms with Crippen LogP contribution in [-0.4, -0.2) is 75.9 Å². The molecule has 0 radical (unpaired) electrons. The van der Waals surface area contributed by atoms with Crippen molar-refractivity contribution in [1.82, 2.24) is 4.98 Å². The molecule has 0 fully saturated rings. The number of carboxylic acid groups (broad SMARTS) is 1. The number of carbonyl (C=O) groups excluding carboxylic acids is 6. The van der Waals surface area contributed by atoms with Crippen molar-refractivity contribution < 1.29 is 107 Å². The van der Waals surface area contributed by atoms with Gasteiger partial charge in [0.25, 0.3) is 5.97 Å². The molecular weight excluding hydrogens is 701 g/mol. The number of aliphatic carboxylic acids is 1. The second-order valence-corrected chi connectivity index (χ2v) is 11.1. The van der Waals surface area contributed by atoms with Crippen molar-refractivity contribution in [2.24, 2.45) is 5.34 Å². The van der Waals surface area contributed by atoms with Gasteiger partial charge in [0.1, 0.15) is 41.3 Å². The number of H-pyrrole nitrogens is 1. The van der Waals surface area contributed by atoms with Gasteiger partial charge in [-0.3, -0.25) is 24.0 Å². The van der Waals surface area contributed by atoms with E-state index in [9.17, 15) is 28.8 Å². The molecule has 0 spiro atoms. The van der Waals surface area contributed by atoms with Gasteiger partial charge in [-0.05, 0) is 88.6 Å². The molecular formula is C30H49N2NaO14Zn. The molecule has 266 valence electrons. The monoisotopic (exact) mass is 748 g/mol. The molecule has 0 aliphatic rings.